The first-order chi connectivity index (χ1) is 6.29. The van der Waals surface area contributed by atoms with Gasteiger partial charge in [-0.3, -0.25) is 5.10 Å². The van der Waals surface area contributed by atoms with Crippen molar-refractivity contribution in [3.8, 4) is 11.3 Å². The number of nitrogen functional groups attached to an aromatic ring is 2. The van der Waals surface area contributed by atoms with E-state index in [2.05, 4.69) is 10.2 Å². The van der Waals surface area contributed by atoms with Crippen LogP contribution in [0.25, 0.3) is 11.3 Å². The molecule has 5 N–H and O–H groups in total. The van der Waals surface area contributed by atoms with Crippen molar-refractivity contribution < 1.29 is 0 Å². The Morgan fingerprint density at radius 3 is 2.69 bits per heavy atom. The molecular formula is C9H10N4. The number of rotatable bonds is 1. The Hall–Kier alpha value is -1.97. The van der Waals surface area contributed by atoms with Crippen LogP contribution in [-0.2, 0) is 0 Å². The Morgan fingerprint density at radius 1 is 1.15 bits per heavy atom. The Bertz CT molecular complexity index is 406. The Kier molecular flexibility index (Phi) is 1.66. The number of anilines is 2. The van der Waals surface area contributed by atoms with Crippen LogP contribution in [0.15, 0.2) is 30.5 Å². The van der Waals surface area contributed by atoms with E-state index in [1.807, 2.05) is 18.2 Å². The second-order valence-electron chi connectivity index (χ2n) is 2.78. The van der Waals surface area contributed by atoms with Gasteiger partial charge in [-0.15, -0.1) is 0 Å². The van der Waals surface area contributed by atoms with Crippen molar-refractivity contribution in [1.82, 2.24) is 10.2 Å². The molecule has 4 nitrogen and oxygen atoms in total. The Labute approximate surface area is 75.6 Å². The minimum atomic E-state index is 0.590. The molecule has 1 heterocycles. The molecule has 13 heavy (non-hydrogen) atoms. The summed E-state index contributed by atoms with van der Waals surface area (Å²) in [6.45, 7) is 0. The van der Waals surface area contributed by atoms with Gasteiger partial charge in [0.25, 0.3) is 0 Å². The van der Waals surface area contributed by atoms with E-state index in [4.69, 9.17) is 11.5 Å². The van der Waals surface area contributed by atoms with E-state index in [1.165, 1.54) is 0 Å². The molecule has 0 aliphatic heterocycles. The standard InChI is InChI=1S/C9H10N4/c10-7-3-1-2-6(9(7)11)8-4-5-12-13-8/h1-5H,10-11H2,(H,12,13). The Balaban J connectivity index is 2.59. The minimum absolute atomic E-state index is 0.590. The molecule has 2 rings (SSSR count). The van der Waals surface area contributed by atoms with Crippen molar-refractivity contribution in [3.05, 3.63) is 30.5 Å². The third kappa shape index (κ3) is 1.22. The van der Waals surface area contributed by atoms with E-state index in [9.17, 15) is 0 Å². The molecule has 2 aromatic rings. The normalized spacial score (nSPS) is 10.2. The van der Waals surface area contributed by atoms with Gasteiger partial charge in [-0.05, 0) is 12.1 Å². The van der Waals surface area contributed by atoms with Crippen LogP contribution in [0, 0.1) is 0 Å². The average Bonchev–Trinajstić information content (AvgIpc) is 2.62. The van der Waals surface area contributed by atoms with E-state index >= 15 is 0 Å². The van der Waals surface area contributed by atoms with E-state index in [1.54, 1.807) is 12.3 Å². The highest BCUT2D eigenvalue weighted by Gasteiger charge is 2.04. The number of hydrogen-bond acceptors (Lipinski definition) is 3. The lowest BCUT2D eigenvalue weighted by molar-refractivity contribution is 1.10. The average molecular weight is 174 g/mol. The maximum Gasteiger partial charge on any atom is 0.0671 e. The number of nitrogens with one attached hydrogen (secondary N) is 1. The lowest BCUT2D eigenvalue weighted by atomic mass is 10.1. The number of benzene rings is 1. The predicted molar refractivity (Wildman–Crippen MR) is 52.8 cm³/mol. The first-order valence-corrected chi connectivity index (χ1v) is 3.93. The molecule has 0 spiro atoms. The maximum absolute atomic E-state index is 5.80. The molecular weight excluding hydrogens is 164 g/mol. The molecule has 4 heteroatoms. The van der Waals surface area contributed by atoms with E-state index in [-0.39, 0.29) is 0 Å². The number of nitrogens with two attached hydrogens (primary N) is 2. The van der Waals surface area contributed by atoms with Gasteiger partial charge in [0.2, 0.25) is 0 Å². The van der Waals surface area contributed by atoms with Crippen molar-refractivity contribution in [2.24, 2.45) is 0 Å². The highest BCUT2D eigenvalue weighted by molar-refractivity contribution is 5.82. The van der Waals surface area contributed by atoms with Gasteiger partial charge in [0.1, 0.15) is 0 Å². The topological polar surface area (TPSA) is 80.7 Å². The molecule has 1 aromatic heterocycles. The molecule has 0 amide bonds. The number of aromatic nitrogens is 2. The minimum Gasteiger partial charge on any atom is -0.397 e. The zero-order valence-corrected chi connectivity index (χ0v) is 6.99. The molecule has 0 saturated carbocycles. The van der Waals surface area contributed by atoms with Gasteiger partial charge >= 0.3 is 0 Å². The first kappa shape index (κ1) is 7.67. The van der Waals surface area contributed by atoms with Crippen LogP contribution in [0.2, 0.25) is 0 Å². The fourth-order valence-electron chi connectivity index (χ4n) is 1.22. The van der Waals surface area contributed by atoms with Gasteiger partial charge in [0.05, 0.1) is 17.1 Å². The maximum atomic E-state index is 5.80. The van der Waals surface area contributed by atoms with Crippen LogP contribution >= 0.6 is 0 Å². The predicted octanol–water partition coefficient (Wildman–Crippen LogP) is 1.24. The highest BCUT2D eigenvalue weighted by atomic mass is 15.1. The number of para-hydroxylation sites is 1. The van der Waals surface area contributed by atoms with Gasteiger partial charge < -0.3 is 11.5 Å². The molecule has 0 atom stereocenters. The summed E-state index contributed by atoms with van der Waals surface area (Å²) >= 11 is 0. The largest absolute Gasteiger partial charge is 0.397 e. The summed E-state index contributed by atoms with van der Waals surface area (Å²) < 4.78 is 0. The fourth-order valence-corrected chi connectivity index (χ4v) is 1.22. The van der Waals surface area contributed by atoms with Gasteiger partial charge in [-0.2, -0.15) is 5.10 Å². The van der Waals surface area contributed by atoms with Crippen LogP contribution in [0.4, 0.5) is 11.4 Å². The number of nitrogens with zero attached hydrogens (tertiary/aromatic N) is 1. The van der Waals surface area contributed by atoms with E-state index < -0.39 is 0 Å². The molecule has 0 radical (unpaired) electrons. The monoisotopic (exact) mass is 174 g/mol. The van der Waals surface area contributed by atoms with Gasteiger partial charge in [0, 0.05) is 11.8 Å². The lowest BCUT2D eigenvalue weighted by Crippen LogP contribution is -1.96. The summed E-state index contributed by atoms with van der Waals surface area (Å²) in [4.78, 5) is 0. The molecule has 1 aromatic carbocycles. The van der Waals surface area contributed by atoms with Crippen LogP contribution in [0.1, 0.15) is 0 Å². The second kappa shape index (κ2) is 2.82. The van der Waals surface area contributed by atoms with Crippen molar-refractivity contribution in [1.29, 1.82) is 0 Å². The zero-order chi connectivity index (χ0) is 9.26. The van der Waals surface area contributed by atoms with Crippen LogP contribution < -0.4 is 11.5 Å². The SMILES string of the molecule is Nc1cccc(-c2ccn[nH]2)c1N. The zero-order valence-electron chi connectivity index (χ0n) is 6.99. The molecule has 0 unspecified atom stereocenters. The number of aromatic amines is 1. The highest BCUT2D eigenvalue weighted by Crippen LogP contribution is 2.27. The molecule has 66 valence electrons. The van der Waals surface area contributed by atoms with Crippen LogP contribution in [0.5, 0.6) is 0 Å². The summed E-state index contributed by atoms with van der Waals surface area (Å²) in [6, 6.07) is 7.39. The smallest absolute Gasteiger partial charge is 0.0671 e. The second-order valence-corrected chi connectivity index (χ2v) is 2.78. The molecule has 0 bridgehead atoms. The van der Waals surface area contributed by atoms with Crippen molar-refractivity contribution in [3.63, 3.8) is 0 Å². The molecule has 0 fully saturated rings. The van der Waals surface area contributed by atoms with Crippen LogP contribution in [0.3, 0.4) is 0 Å². The summed E-state index contributed by atoms with van der Waals surface area (Å²) in [6.07, 6.45) is 1.68. The van der Waals surface area contributed by atoms with Crippen LogP contribution in [-0.4, -0.2) is 10.2 Å². The van der Waals surface area contributed by atoms with Gasteiger partial charge in [0.15, 0.2) is 0 Å². The van der Waals surface area contributed by atoms with E-state index in [0.29, 0.717) is 11.4 Å². The van der Waals surface area contributed by atoms with Gasteiger partial charge in [-0.25, -0.2) is 0 Å². The van der Waals surface area contributed by atoms with Crippen molar-refractivity contribution in [2.45, 2.75) is 0 Å². The third-order valence-corrected chi connectivity index (χ3v) is 1.93. The summed E-state index contributed by atoms with van der Waals surface area (Å²) in [5.74, 6) is 0. The fraction of sp³-hybridized carbons (Fsp3) is 0. The van der Waals surface area contributed by atoms with E-state index in [0.717, 1.165) is 11.3 Å². The van der Waals surface area contributed by atoms with Crippen molar-refractivity contribution >= 4 is 11.4 Å². The molecule has 0 aliphatic carbocycles. The first-order valence-electron chi connectivity index (χ1n) is 3.93. The number of hydrogen-bond donors (Lipinski definition) is 3. The molecule has 0 saturated heterocycles. The summed E-state index contributed by atoms with van der Waals surface area (Å²) in [5, 5.41) is 6.68. The Morgan fingerprint density at radius 2 is 2.00 bits per heavy atom. The van der Waals surface area contributed by atoms with Gasteiger partial charge in [-0.1, -0.05) is 12.1 Å². The lowest BCUT2D eigenvalue weighted by Gasteiger charge is -2.04. The third-order valence-electron chi connectivity index (χ3n) is 1.93. The number of H-pyrrole nitrogens is 1. The molecule has 0 aliphatic rings. The quantitative estimate of drug-likeness (QED) is 0.569. The summed E-state index contributed by atoms with van der Waals surface area (Å²) in [5.41, 5.74) is 14.4. The summed E-state index contributed by atoms with van der Waals surface area (Å²) in [7, 11) is 0. The van der Waals surface area contributed by atoms with Crippen molar-refractivity contribution in [2.75, 3.05) is 11.5 Å².